The Morgan fingerprint density at radius 1 is 1.47 bits per heavy atom. The van der Waals surface area contributed by atoms with Crippen LogP contribution in [0.1, 0.15) is 43.9 Å². The molecule has 0 bridgehead atoms. The lowest BCUT2D eigenvalue weighted by Crippen LogP contribution is -2.58. The highest BCUT2D eigenvalue weighted by molar-refractivity contribution is 7.09. The zero-order valence-corrected chi connectivity index (χ0v) is 13.2. The van der Waals surface area contributed by atoms with Crippen molar-refractivity contribution in [3.63, 3.8) is 0 Å². The van der Waals surface area contributed by atoms with E-state index in [1.54, 1.807) is 0 Å². The third-order valence-electron chi connectivity index (χ3n) is 5.05. The van der Waals surface area contributed by atoms with Gasteiger partial charge in [-0.15, -0.1) is 11.3 Å². The van der Waals surface area contributed by atoms with Crippen molar-refractivity contribution in [2.75, 3.05) is 20.1 Å². The molecule has 108 valence electrons. The molecule has 1 heterocycles. The highest BCUT2D eigenvalue weighted by atomic mass is 32.1. The first-order valence-corrected chi connectivity index (χ1v) is 8.54. The number of nitrogens with zero attached hydrogens (tertiary/aromatic N) is 1. The molecular weight excluding hydrogens is 252 g/mol. The average Bonchev–Trinajstić information content (AvgIpc) is 2.97. The molecule has 2 N–H and O–H groups in total. The highest BCUT2D eigenvalue weighted by Gasteiger charge is 2.41. The average molecular weight is 280 g/mol. The molecule has 2 nitrogen and oxygen atoms in total. The second-order valence-corrected chi connectivity index (χ2v) is 6.94. The minimum absolute atomic E-state index is 0.254. The van der Waals surface area contributed by atoms with Crippen LogP contribution in [0.4, 0.5) is 0 Å². The molecule has 0 radical (unpaired) electrons. The van der Waals surface area contributed by atoms with Crippen molar-refractivity contribution in [1.82, 2.24) is 4.90 Å². The summed E-state index contributed by atoms with van der Waals surface area (Å²) in [5.74, 6) is 0.777. The van der Waals surface area contributed by atoms with Crippen LogP contribution in [-0.4, -0.2) is 30.6 Å². The van der Waals surface area contributed by atoms with Crippen molar-refractivity contribution >= 4 is 11.3 Å². The summed E-state index contributed by atoms with van der Waals surface area (Å²) in [7, 11) is 2.29. The van der Waals surface area contributed by atoms with Gasteiger partial charge in [0, 0.05) is 23.5 Å². The van der Waals surface area contributed by atoms with Gasteiger partial charge in [0.05, 0.1) is 0 Å². The molecule has 3 heteroatoms. The van der Waals surface area contributed by atoms with Crippen LogP contribution < -0.4 is 5.73 Å². The minimum atomic E-state index is 0.254. The Balaban J connectivity index is 2.01. The van der Waals surface area contributed by atoms with Crippen molar-refractivity contribution in [2.24, 2.45) is 11.7 Å². The molecule has 0 aromatic carbocycles. The largest absolute Gasteiger partial charge is 0.329 e. The van der Waals surface area contributed by atoms with Crippen LogP contribution in [0.2, 0.25) is 0 Å². The van der Waals surface area contributed by atoms with Gasteiger partial charge in [0.15, 0.2) is 0 Å². The number of nitrogens with two attached hydrogens (primary N) is 1. The molecule has 1 aromatic heterocycles. The fourth-order valence-electron chi connectivity index (χ4n) is 3.76. The Morgan fingerprint density at radius 3 is 2.95 bits per heavy atom. The van der Waals surface area contributed by atoms with Crippen molar-refractivity contribution in [3.05, 3.63) is 22.4 Å². The van der Waals surface area contributed by atoms with E-state index in [2.05, 4.69) is 36.4 Å². The Hall–Kier alpha value is -0.380. The first-order chi connectivity index (χ1) is 9.23. The maximum atomic E-state index is 6.22. The van der Waals surface area contributed by atoms with E-state index in [0.29, 0.717) is 0 Å². The lowest BCUT2D eigenvalue weighted by Gasteiger charge is -2.49. The highest BCUT2D eigenvalue weighted by Crippen LogP contribution is 2.39. The molecule has 2 unspecified atom stereocenters. The summed E-state index contributed by atoms with van der Waals surface area (Å²) in [5, 5.41) is 2.17. The summed E-state index contributed by atoms with van der Waals surface area (Å²) in [6, 6.07) is 4.39. The number of hydrogen-bond donors (Lipinski definition) is 1. The second kappa shape index (κ2) is 6.87. The first kappa shape index (κ1) is 15.0. The summed E-state index contributed by atoms with van der Waals surface area (Å²) in [6.07, 6.45) is 7.79. The van der Waals surface area contributed by atoms with Gasteiger partial charge < -0.3 is 5.73 Å². The molecule has 2 atom stereocenters. The lowest BCUT2D eigenvalue weighted by molar-refractivity contribution is 0.0243. The van der Waals surface area contributed by atoms with E-state index in [4.69, 9.17) is 5.73 Å². The summed E-state index contributed by atoms with van der Waals surface area (Å²) < 4.78 is 0. The molecule has 0 amide bonds. The Kier molecular flexibility index (Phi) is 5.43. The maximum Gasteiger partial charge on any atom is 0.0356 e. The van der Waals surface area contributed by atoms with Gasteiger partial charge in [-0.25, -0.2) is 0 Å². The fraction of sp³-hybridized carbons (Fsp3) is 0.750. The van der Waals surface area contributed by atoms with Crippen molar-refractivity contribution in [2.45, 2.75) is 51.0 Å². The summed E-state index contributed by atoms with van der Waals surface area (Å²) >= 11 is 1.87. The first-order valence-electron chi connectivity index (χ1n) is 7.66. The van der Waals surface area contributed by atoms with Gasteiger partial charge in [0.1, 0.15) is 0 Å². The molecule has 1 fully saturated rings. The van der Waals surface area contributed by atoms with Crippen molar-refractivity contribution < 1.29 is 0 Å². The minimum Gasteiger partial charge on any atom is -0.329 e. The summed E-state index contributed by atoms with van der Waals surface area (Å²) in [4.78, 5) is 4.06. The van der Waals surface area contributed by atoms with Crippen LogP contribution in [0.25, 0.3) is 0 Å². The zero-order valence-electron chi connectivity index (χ0n) is 12.4. The van der Waals surface area contributed by atoms with Gasteiger partial charge in [-0.3, -0.25) is 4.90 Å². The molecule has 0 spiro atoms. The van der Waals surface area contributed by atoms with E-state index < -0.39 is 0 Å². The van der Waals surface area contributed by atoms with Crippen LogP contribution in [0, 0.1) is 5.92 Å². The van der Waals surface area contributed by atoms with E-state index in [1.165, 1.54) is 37.0 Å². The van der Waals surface area contributed by atoms with E-state index in [9.17, 15) is 0 Å². The van der Waals surface area contributed by atoms with Crippen LogP contribution in [0.5, 0.6) is 0 Å². The zero-order chi connectivity index (χ0) is 13.7. The quantitative estimate of drug-likeness (QED) is 0.864. The molecule has 19 heavy (non-hydrogen) atoms. The van der Waals surface area contributed by atoms with Crippen molar-refractivity contribution in [3.8, 4) is 0 Å². The summed E-state index contributed by atoms with van der Waals surface area (Å²) in [6.45, 7) is 4.27. The van der Waals surface area contributed by atoms with E-state index in [0.717, 1.165) is 25.4 Å². The standard InChI is InChI=1S/C16H28N2S/c1-3-14-7-4-5-10-16(14,13-17)18(2)11-9-15-8-6-12-19-15/h6,8,12,14H,3-5,7,9-11,13,17H2,1-2H3. The molecule has 2 rings (SSSR count). The molecule has 0 aliphatic heterocycles. The van der Waals surface area contributed by atoms with Gasteiger partial charge >= 0.3 is 0 Å². The number of hydrogen-bond acceptors (Lipinski definition) is 3. The molecule has 0 saturated heterocycles. The SMILES string of the molecule is CCC1CCCCC1(CN)N(C)CCc1cccs1. The third kappa shape index (κ3) is 3.21. The third-order valence-corrected chi connectivity index (χ3v) is 5.99. The van der Waals surface area contributed by atoms with Gasteiger partial charge in [0.25, 0.3) is 0 Å². The monoisotopic (exact) mass is 280 g/mol. The number of likely N-dealkylation sites (N-methyl/N-ethyl adjacent to an activating group) is 1. The van der Waals surface area contributed by atoms with Crippen LogP contribution in [0.3, 0.4) is 0 Å². The molecular formula is C16H28N2S. The normalized spacial score (nSPS) is 27.9. The van der Waals surface area contributed by atoms with Gasteiger partial charge in [0.2, 0.25) is 0 Å². The van der Waals surface area contributed by atoms with E-state index in [1.807, 2.05) is 11.3 Å². The Labute approximate surface area is 122 Å². The van der Waals surface area contributed by atoms with Gasteiger partial charge in [-0.2, -0.15) is 0 Å². The fourth-order valence-corrected chi connectivity index (χ4v) is 4.46. The number of rotatable bonds is 6. The topological polar surface area (TPSA) is 29.3 Å². The summed E-state index contributed by atoms with van der Waals surface area (Å²) in [5.41, 5.74) is 6.47. The smallest absolute Gasteiger partial charge is 0.0356 e. The molecule has 1 aromatic rings. The Morgan fingerprint density at radius 2 is 2.32 bits per heavy atom. The molecule has 1 aliphatic carbocycles. The maximum absolute atomic E-state index is 6.22. The number of thiophene rings is 1. The van der Waals surface area contributed by atoms with Gasteiger partial charge in [-0.1, -0.05) is 32.3 Å². The second-order valence-electron chi connectivity index (χ2n) is 5.91. The lowest BCUT2D eigenvalue weighted by atomic mass is 9.70. The van der Waals surface area contributed by atoms with Crippen LogP contribution >= 0.6 is 11.3 Å². The van der Waals surface area contributed by atoms with E-state index in [-0.39, 0.29) is 5.54 Å². The van der Waals surface area contributed by atoms with Crippen molar-refractivity contribution in [1.29, 1.82) is 0 Å². The Bertz CT molecular complexity index is 363. The molecule has 1 saturated carbocycles. The van der Waals surface area contributed by atoms with Gasteiger partial charge in [-0.05, 0) is 43.7 Å². The van der Waals surface area contributed by atoms with Crippen LogP contribution in [0.15, 0.2) is 17.5 Å². The van der Waals surface area contributed by atoms with E-state index >= 15 is 0 Å². The molecule has 1 aliphatic rings. The van der Waals surface area contributed by atoms with Crippen LogP contribution in [-0.2, 0) is 6.42 Å². The predicted octanol–water partition coefficient (Wildman–Crippen LogP) is 3.52. The predicted molar refractivity (Wildman–Crippen MR) is 84.7 cm³/mol.